The molecule has 0 aliphatic carbocycles. The topological polar surface area (TPSA) is 0 Å². The molecule has 2 aromatic rings. The van der Waals surface area contributed by atoms with Crippen LogP contribution in [0.4, 0.5) is 0 Å². The van der Waals surface area contributed by atoms with Crippen molar-refractivity contribution >= 4 is 29.8 Å². The van der Waals surface area contributed by atoms with Crippen molar-refractivity contribution in [1.82, 2.24) is 0 Å². The summed E-state index contributed by atoms with van der Waals surface area (Å²) in [7, 11) is 0. The number of benzene rings is 2. The molecule has 0 unspecified atom stereocenters. The van der Waals surface area contributed by atoms with Crippen LogP contribution in [0.3, 0.4) is 0 Å². The first kappa shape index (κ1) is 14.4. The highest BCUT2D eigenvalue weighted by Gasteiger charge is 2.12. The van der Waals surface area contributed by atoms with Crippen LogP contribution in [0.1, 0.15) is 27.8 Å². The standard InChI is InChI=1S/C19H17Cl/c1-4-15-13-19(20)17(6-3)18(16(15)5-2)12-14-10-8-7-9-11-14/h4-11,13H,1-3,12H2. The maximum absolute atomic E-state index is 6.36. The molecule has 0 aliphatic rings. The highest BCUT2D eigenvalue weighted by Crippen LogP contribution is 2.31. The predicted octanol–water partition coefficient (Wildman–Crippen LogP) is 5.86. The Morgan fingerprint density at radius 3 is 2.10 bits per heavy atom. The fourth-order valence-electron chi connectivity index (χ4n) is 2.38. The first-order chi connectivity index (χ1) is 9.71. The lowest BCUT2D eigenvalue weighted by atomic mass is 9.91. The zero-order chi connectivity index (χ0) is 14.5. The van der Waals surface area contributed by atoms with Gasteiger partial charge in [0.15, 0.2) is 0 Å². The average molecular weight is 281 g/mol. The van der Waals surface area contributed by atoms with Crippen molar-refractivity contribution in [3.8, 4) is 0 Å². The second-order valence-corrected chi connectivity index (χ2v) is 4.94. The van der Waals surface area contributed by atoms with E-state index in [4.69, 9.17) is 11.6 Å². The molecule has 0 radical (unpaired) electrons. The molecule has 100 valence electrons. The molecule has 2 rings (SSSR count). The zero-order valence-corrected chi connectivity index (χ0v) is 12.2. The molecule has 0 N–H and O–H groups in total. The first-order valence-electron chi connectivity index (χ1n) is 6.47. The van der Waals surface area contributed by atoms with Crippen molar-refractivity contribution < 1.29 is 0 Å². The Morgan fingerprint density at radius 2 is 1.55 bits per heavy atom. The molecule has 0 spiro atoms. The molecule has 2 aromatic carbocycles. The Hall–Kier alpha value is -2.05. The van der Waals surface area contributed by atoms with E-state index in [0.29, 0.717) is 5.02 Å². The van der Waals surface area contributed by atoms with Gasteiger partial charge >= 0.3 is 0 Å². The number of hydrogen-bond donors (Lipinski definition) is 0. The van der Waals surface area contributed by atoms with Crippen LogP contribution in [0.25, 0.3) is 18.2 Å². The maximum Gasteiger partial charge on any atom is 0.0487 e. The van der Waals surface area contributed by atoms with E-state index in [9.17, 15) is 0 Å². The van der Waals surface area contributed by atoms with Gasteiger partial charge in [0.25, 0.3) is 0 Å². The van der Waals surface area contributed by atoms with E-state index in [-0.39, 0.29) is 0 Å². The molecular weight excluding hydrogens is 264 g/mol. The first-order valence-corrected chi connectivity index (χ1v) is 6.85. The van der Waals surface area contributed by atoms with Gasteiger partial charge in [0.1, 0.15) is 0 Å². The van der Waals surface area contributed by atoms with Crippen LogP contribution >= 0.6 is 11.6 Å². The van der Waals surface area contributed by atoms with Crippen molar-refractivity contribution in [2.24, 2.45) is 0 Å². The van der Waals surface area contributed by atoms with Crippen LogP contribution in [0, 0.1) is 0 Å². The summed E-state index contributed by atoms with van der Waals surface area (Å²) in [5.74, 6) is 0. The van der Waals surface area contributed by atoms with Crippen molar-refractivity contribution in [3.05, 3.63) is 89.0 Å². The highest BCUT2D eigenvalue weighted by atomic mass is 35.5. The summed E-state index contributed by atoms with van der Waals surface area (Å²) in [5.41, 5.74) is 5.42. The van der Waals surface area contributed by atoms with Gasteiger partial charge in [0.05, 0.1) is 0 Å². The predicted molar refractivity (Wildman–Crippen MR) is 91.0 cm³/mol. The monoisotopic (exact) mass is 280 g/mol. The zero-order valence-electron chi connectivity index (χ0n) is 11.4. The van der Waals surface area contributed by atoms with E-state index >= 15 is 0 Å². The third-order valence-corrected chi connectivity index (χ3v) is 3.67. The lowest BCUT2D eigenvalue weighted by Crippen LogP contribution is -1.99. The smallest absolute Gasteiger partial charge is 0.0487 e. The highest BCUT2D eigenvalue weighted by molar-refractivity contribution is 6.32. The van der Waals surface area contributed by atoms with Crippen LogP contribution in [0.5, 0.6) is 0 Å². The second kappa shape index (κ2) is 6.40. The van der Waals surface area contributed by atoms with Crippen molar-refractivity contribution in [1.29, 1.82) is 0 Å². The lowest BCUT2D eigenvalue weighted by Gasteiger charge is -2.15. The van der Waals surface area contributed by atoms with Gasteiger partial charge < -0.3 is 0 Å². The van der Waals surface area contributed by atoms with Gasteiger partial charge in [-0.15, -0.1) is 0 Å². The van der Waals surface area contributed by atoms with Crippen LogP contribution < -0.4 is 0 Å². The molecule has 0 saturated heterocycles. The summed E-state index contributed by atoms with van der Waals surface area (Å²) in [6.07, 6.45) is 6.27. The molecular formula is C19H17Cl. The fourth-order valence-corrected chi connectivity index (χ4v) is 2.69. The fraction of sp³-hybridized carbons (Fsp3) is 0.0526. The summed E-state index contributed by atoms with van der Waals surface area (Å²) in [6, 6.07) is 12.2. The summed E-state index contributed by atoms with van der Waals surface area (Å²) < 4.78 is 0. The van der Waals surface area contributed by atoms with Crippen molar-refractivity contribution in [2.45, 2.75) is 6.42 Å². The van der Waals surface area contributed by atoms with E-state index in [1.165, 1.54) is 5.56 Å². The SMILES string of the molecule is C=Cc1cc(Cl)c(C=C)c(Cc2ccccc2)c1C=C. The number of hydrogen-bond acceptors (Lipinski definition) is 0. The Balaban J connectivity index is 2.64. The van der Waals surface area contributed by atoms with Crippen LogP contribution in [-0.4, -0.2) is 0 Å². The van der Waals surface area contributed by atoms with E-state index < -0.39 is 0 Å². The largest absolute Gasteiger partial charge is 0.0984 e. The number of halogens is 1. The van der Waals surface area contributed by atoms with Gasteiger partial charge in [-0.2, -0.15) is 0 Å². The minimum Gasteiger partial charge on any atom is -0.0984 e. The Bertz CT molecular complexity index is 651. The summed E-state index contributed by atoms with van der Waals surface area (Å²) in [5, 5.41) is 0.700. The number of rotatable bonds is 5. The molecule has 0 fully saturated rings. The van der Waals surface area contributed by atoms with Crippen molar-refractivity contribution in [3.63, 3.8) is 0 Å². The quantitative estimate of drug-likeness (QED) is 0.643. The van der Waals surface area contributed by atoms with Crippen LogP contribution in [0.15, 0.2) is 56.1 Å². The summed E-state index contributed by atoms with van der Waals surface area (Å²) in [6.45, 7) is 11.7. The third kappa shape index (κ3) is 2.76. The molecule has 0 bridgehead atoms. The maximum atomic E-state index is 6.36. The lowest BCUT2D eigenvalue weighted by molar-refractivity contribution is 1.17. The van der Waals surface area contributed by atoms with Crippen LogP contribution in [0.2, 0.25) is 5.02 Å². The average Bonchev–Trinajstić information content (AvgIpc) is 2.48. The molecule has 0 amide bonds. The summed E-state index contributed by atoms with van der Waals surface area (Å²) >= 11 is 6.36. The molecule has 0 aromatic heterocycles. The van der Waals surface area contributed by atoms with Gasteiger partial charge in [-0.3, -0.25) is 0 Å². The van der Waals surface area contributed by atoms with Crippen LogP contribution in [-0.2, 0) is 6.42 Å². The normalized spacial score (nSPS) is 10.1. The van der Waals surface area contributed by atoms with E-state index in [2.05, 4.69) is 31.9 Å². The Morgan fingerprint density at radius 1 is 0.900 bits per heavy atom. The minimum atomic E-state index is 0.700. The third-order valence-electron chi connectivity index (χ3n) is 3.35. The van der Waals surface area contributed by atoms with Gasteiger partial charge in [0, 0.05) is 5.02 Å². The van der Waals surface area contributed by atoms with E-state index in [1.54, 1.807) is 6.08 Å². The van der Waals surface area contributed by atoms with Crippen molar-refractivity contribution in [2.75, 3.05) is 0 Å². The molecule has 0 heterocycles. The van der Waals surface area contributed by atoms with Gasteiger partial charge in [-0.05, 0) is 40.3 Å². The minimum absolute atomic E-state index is 0.700. The van der Waals surface area contributed by atoms with Gasteiger partial charge in [0.2, 0.25) is 0 Å². The summed E-state index contributed by atoms with van der Waals surface area (Å²) in [4.78, 5) is 0. The van der Waals surface area contributed by atoms with E-state index in [1.807, 2.05) is 36.4 Å². The molecule has 1 heteroatoms. The van der Waals surface area contributed by atoms with E-state index in [0.717, 1.165) is 28.7 Å². The Kier molecular flexibility index (Phi) is 4.60. The van der Waals surface area contributed by atoms with Gasteiger partial charge in [-0.25, -0.2) is 0 Å². The Labute approximate surface area is 125 Å². The molecule has 0 nitrogen and oxygen atoms in total. The second-order valence-electron chi connectivity index (χ2n) is 4.53. The van der Waals surface area contributed by atoms with Gasteiger partial charge in [-0.1, -0.05) is 79.9 Å². The molecule has 0 aliphatic heterocycles. The molecule has 0 saturated carbocycles. The molecule has 20 heavy (non-hydrogen) atoms. The molecule has 0 atom stereocenters.